The summed E-state index contributed by atoms with van der Waals surface area (Å²) in [7, 11) is -3.25. The van der Waals surface area contributed by atoms with Crippen LogP contribution in [-0.2, 0) is 16.4 Å². The van der Waals surface area contributed by atoms with Gasteiger partial charge in [0.15, 0.2) is 0 Å². The Kier molecular flexibility index (Phi) is 7.44. The number of hydrogen-bond acceptors (Lipinski definition) is 5. The van der Waals surface area contributed by atoms with Crippen LogP contribution in [0.15, 0.2) is 48.5 Å². The van der Waals surface area contributed by atoms with Crippen LogP contribution in [0.3, 0.4) is 0 Å². The zero-order valence-electron chi connectivity index (χ0n) is 15.1. The van der Waals surface area contributed by atoms with E-state index in [1.165, 1.54) is 5.56 Å². The Balaban J connectivity index is 1.64. The predicted molar refractivity (Wildman–Crippen MR) is 104 cm³/mol. The molecule has 0 aromatic heterocycles. The fourth-order valence-electron chi connectivity index (χ4n) is 2.34. The second kappa shape index (κ2) is 9.56. The van der Waals surface area contributed by atoms with Crippen molar-refractivity contribution in [2.75, 3.05) is 30.7 Å². The zero-order chi connectivity index (χ0) is 19.0. The van der Waals surface area contributed by atoms with Gasteiger partial charge in [0.1, 0.15) is 18.5 Å². The lowest BCUT2D eigenvalue weighted by atomic mass is 10.1. The van der Waals surface area contributed by atoms with Gasteiger partial charge >= 0.3 is 0 Å². The molecule has 3 N–H and O–H groups in total. The molecule has 1 unspecified atom stereocenters. The largest absolute Gasteiger partial charge is 0.491 e. The van der Waals surface area contributed by atoms with E-state index >= 15 is 0 Å². The van der Waals surface area contributed by atoms with Crippen LogP contribution in [0.25, 0.3) is 0 Å². The molecule has 0 saturated carbocycles. The fraction of sp³-hybridized carbons (Fsp3) is 0.368. The van der Waals surface area contributed by atoms with Gasteiger partial charge in [0.05, 0.1) is 6.26 Å². The normalized spacial score (nSPS) is 12.6. The first-order valence-electron chi connectivity index (χ1n) is 8.47. The van der Waals surface area contributed by atoms with Crippen LogP contribution in [0.5, 0.6) is 5.75 Å². The summed E-state index contributed by atoms with van der Waals surface area (Å²) in [6.45, 7) is 3.40. The van der Waals surface area contributed by atoms with Crippen LogP contribution in [-0.4, -0.2) is 45.6 Å². The maximum Gasteiger partial charge on any atom is 0.229 e. The summed E-state index contributed by atoms with van der Waals surface area (Å²) in [6.07, 6.45) is 1.32. The minimum Gasteiger partial charge on any atom is -0.491 e. The van der Waals surface area contributed by atoms with Gasteiger partial charge in [0.25, 0.3) is 0 Å². The van der Waals surface area contributed by atoms with Crippen LogP contribution in [0.2, 0.25) is 0 Å². The van der Waals surface area contributed by atoms with Crippen LogP contribution in [0.4, 0.5) is 5.69 Å². The third kappa shape index (κ3) is 7.86. The number of anilines is 1. The van der Waals surface area contributed by atoms with Crippen molar-refractivity contribution in [3.8, 4) is 5.75 Å². The van der Waals surface area contributed by atoms with Crippen molar-refractivity contribution in [3.05, 3.63) is 59.7 Å². The molecule has 6 nitrogen and oxygen atoms in total. The number of sulfonamides is 1. The minimum absolute atomic E-state index is 0.238. The van der Waals surface area contributed by atoms with E-state index in [0.29, 0.717) is 18.8 Å². The Bertz CT molecular complexity index is 774. The first-order valence-corrected chi connectivity index (χ1v) is 10.4. The Morgan fingerprint density at radius 2 is 1.73 bits per heavy atom. The maximum atomic E-state index is 11.2. The van der Waals surface area contributed by atoms with Gasteiger partial charge in [0, 0.05) is 12.2 Å². The second-order valence-electron chi connectivity index (χ2n) is 6.30. The Morgan fingerprint density at radius 3 is 2.35 bits per heavy atom. The molecule has 0 spiro atoms. The van der Waals surface area contributed by atoms with E-state index in [0.717, 1.165) is 24.0 Å². The Hall–Kier alpha value is -2.09. The summed E-state index contributed by atoms with van der Waals surface area (Å²) in [6, 6.07) is 14.9. The average Bonchev–Trinajstić information content (AvgIpc) is 2.58. The summed E-state index contributed by atoms with van der Waals surface area (Å²) in [5.41, 5.74) is 2.80. The summed E-state index contributed by atoms with van der Waals surface area (Å²) in [4.78, 5) is 0. The molecule has 0 aliphatic heterocycles. The molecular weight excluding hydrogens is 352 g/mol. The average molecular weight is 378 g/mol. The molecule has 7 heteroatoms. The van der Waals surface area contributed by atoms with Gasteiger partial charge in [-0.1, -0.05) is 29.8 Å². The van der Waals surface area contributed by atoms with Crippen LogP contribution in [0.1, 0.15) is 11.1 Å². The number of rotatable bonds is 10. The highest BCUT2D eigenvalue weighted by Crippen LogP contribution is 2.12. The first kappa shape index (κ1) is 20.2. The van der Waals surface area contributed by atoms with E-state index in [1.54, 1.807) is 12.1 Å². The molecule has 0 aliphatic carbocycles. The fourth-order valence-corrected chi connectivity index (χ4v) is 2.91. The summed E-state index contributed by atoms with van der Waals surface area (Å²) in [5.74, 6) is 0.748. The highest BCUT2D eigenvalue weighted by molar-refractivity contribution is 7.92. The second-order valence-corrected chi connectivity index (χ2v) is 8.05. The van der Waals surface area contributed by atoms with E-state index in [4.69, 9.17) is 4.74 Å². The maximum absolute atomic E-state index is 11.2. The highest BCUT2D eigenvalue weighted by Gasteiger charge is 2.05. The molecular formula is C19H26N2O4S. The van der Waals surface area contributed by atoms with Gasteiger partial charge in [-0.15, -0.1) is 0 Å². The van der Waals surface area contributed by atoms with E-state index < -0.39 is 16.1 Å². The number of aryl methyl sites for hydroxylation is 1. The lowest BCUT2D eigenvalue weighted by Gasteiger charge is -2.13. The molecule has 0 bridgehead atoms. The molecule has 0 saturated heterocycles. The number of hydrogen-bond donors (Lipinski definition) is 3. The highest BCUT2D eigenvalue weighted by atomic mass is 32.2. The van der Waals surface area contributed by atoms with E-state index in [2.05, 4.69) is 10.0 Å². The Morgan fingerprint density at radius 1 is 1.08 bits per heavy atom. The van der Waals surface area contributed by atoms with Gasteiger partial charge in [-0.05, 0) is 49.7 Å². The number of aliphatic hydroxyl groups excluding tert-OH is 1. The molecule has 0 radical (unpaired) electrons. The smallest absolute Gasteiger partial charge is 0.229 e. The molecule has 2 rings (SSSR count). The lowest BCUT2D eigenvalue weighted by molar-refractivity contribution is 0.106. The van der Waals surface area contributed by atoms with E-state index in [9.17, 15) is 13.5 Å². The van der Waals surface area contributed by atoms with Gasteiger partial charge in [-0.25, -0.2) is 8.42 Å². The zero-order valence-corrected chi connectivity index (χ0v) is 15.9. The third-order valence-electron chi connectivity index (χ3n) is 3.69. The van der Waals surface area contributed by atoms with Crippen molar-refractivity contribution >= 4 is 15.7 Å². The van der Waals surface area contributed by atoms with E-state index in [1.807, 2.05) is 43.3 Å². The van der Waals surface area contributed by atoms with Gasteiger partial charge in [0.2, 0.25) is 10.0 Å². The monoisotopic (exact) mass is 378 g/mol. The summed E-state index contributed by atoms with van der Waals surface area (Å²) >= 11 is 0. The quantitative estimate of drug-likeness (QED) is 0.550. The van der Waals surface area contributed by atoms with Crippen molar-refractivity contribution in [1.29, 1.82) is 0 Å². The number of benzene rings is 2. The van der Waals surface area contributed by atoms with Crippen molar-refractivity contribution in [2.24, 2.45) is 0 Å². The van der Waals surface area contributed by atoms with Crippen LogP contribution >= 0.6 is 0 Å². The number of aliphatic hydroxyl groups is 1. The molecule has 2 aromatic rings. The van der Waals surface area contributed by atoms with Crippen molar-refractivity contribution in [1.82, 2.24) is 5.32 Å². The Labute approximate surface area is 155 Å². The van der Waals surface area contributed by atoms with Crippen LogP contribution < -0.4 is 14.8 Å². The lowest BCUT2D eigenvalue weighted by Crippen LogP contribution is -2.32. The van der Waals surface area contributed by atoms with Crippen LogP contribution in [0, 0.1) is 6.92 Å². The summed E-state index contributed by atoms with van der Waals surface area (Å²) in [5, 5.41) is 13.1. The van der Waals surface area contributed by atoms with Gasteiger partial charge in [-0.3, -0.25) is 4.72 Å². The van der Waals surface area contributed by atoms with Crippen molar-refractivity contribution in [3.63, 3.8) is 0 Å². The van der Waals surface area contributed by atoms with Gasteiger partial charge < -0.3 is 15.2 Å². The standard InChI is InChI=1S/C19H26N2O4S/c1-15-3-9-19(10-4-15)25-14-18(22)13-20-12-11-16-5-7-17(8-6-16)21-26(2,23)24/h3-10,18,20-22H,11-14H2,1-2H3. The molecule has 0 aliphatic rings. The number of nitrogens with one attached hydrogen (secondary N) is 2. The van der Waals surface area contributed by atoms with Crippen molar-refractivity contribution in [2.45, 2.75) is 19.4 Å². The predicted octanol–water partition coefficient (Wildman–Crippen LogP) is 1.94. The third-order valence-corrected chi connectivity index (χ3v) is 4.30. The van der Waals surface area contributed by atoms with Gasteiger partial charge in [-0.2, -0.15) is 0 Å². The first-order chi connectivity index (χ1) is 12.3. The topological polar surface area (TPSA) is 87.7 Å². The molecule has 0 amide bonds. The molecule has 2 aromatic carbocycles. The molecule has 0 heterocycles. The molecule has 142 valence electrons. The van der Waals surface area contributed by atoms with Crippen molar-refractivity contribution < 1.29 is 18.3 Å². The minimum atomic E-state index is -3.25. The summed E-state index contributed by atoms with van der Waals surface area (Å²) < 4.78 is 30.3. The number of ether oxygens (including phenoxy) is 1. The van der Waals surface area contributed by atoms with E-state index in [-0.39, 0.29) is 6.61 Å². The SMILES string of the molecule is Cc1ccc(OCC(O)CNCCc2ccc(NS(C)(=O)=O)cc2)cc1. The molecule has 26 heavy (non-hydrogen) atoms. The molecule has 1 atom stereocenters. The molecule has 0 fully saturated rings.